The van der Waals surface area contributed by atoms with E-state index in [2.05, 4.69) is 59.8 Å². The summed E-state index contributed by atoms with van der Waals surface area (Å²) in [4.78, 5) is 2.57. The second-order valence-corrected chi connectivity index (χ2v) is 4.93. The predicted octanol–water partition coefficient (Wildman–Crippen LogP) is 2.65. The first-order valence-electron chi connectivity index (χ1n) is 6.82. The van der Waals surface area contributed by atoms with Gasteiger partial charge in [0.25, 0.3) is 0 Å². The number of dihydropyridines is 1. The molecule has 2 aliphatic heterocycles. The number of fused-ring (bicyclic) bond motifs is 1. The summed E-state index contributed by atoms with van der Waals surface area (Å²) in [6.07, 6.45) is 7.78. The average molecular weight is 240 g/mol. The molecule has 2 nitrogen and oxygen atoms in total. The van der Waals surface area contributed by atoms with Crippen molar-refractivity contribution in [2.45, 2.75) is 19.4 Å². The number of hydrogen-bond acceptors (Lipinski definition) is 2. The van der Waals surface area contributed by atoms with Gasteiger partial charge in [0.1, 0.15) is 0 Å². The van der Waals surface area contributed by atoms with E-state index in [0.29, 0.717) is 6.04 Å². The molecule has 0 aromatic heterocycles. The van der Waals surface area contributed by atoms with Crippen molar-refractivity contribution >= 4 is 0 Å². The van der Waals surface area contributed by atoms with Gasteiger partial charge in [-0.2, -0.15) is 0 Å². The van der Waals surface area contributed by atoms with Crippen molar-refractivity contribution in [1.82, 2.24) is 10.2 Å². The van der Waals surface area contributed by atoms with Crippen molar-refractivity contribution in [3.8, 4) is 0 Å². The third-order valence-electron chi connectivity index (χ3n) is 3.95. The van der Waals surface area contributed by atoms with Gasteiger partial charge in [-0.25, -0.2) is 0 Å². The van der Waals surface area contributed by atoms with Crippen molar-refractivity contribution in [3.63, 3.8) is 0 Å². The molecule has 1 aromatic rings. The molecule has 0 bridgehead atoms. The molecular weight excluding hydrogens is 220 g/mol. The van der Waals surface area contributed by atoms with E-state index in [-0.39, 0.29) is 0 Å². The van der Waals surface area contributed by atoms with E-state index in [1.807, 2.05) is 0 Å². The summed E-state index contributed by atoms with van der Waals surface area (Å²) in [6.45, 7) is 5.47. The van der Waals surface area contributed by atoms with Crippen LogP contribution in [0, 0.1) is 0 Å². The van der Waals surface area contributed by atoms with E-state index in [1.165, 1.54) is 23.1 Å². The van der Waals surface area contributed by atoms with Crippen LogP contribution >= 0.6 is 0 Å². The van der Waals surface area contributed by atoms with Crippen LogP contribution in [0.2, 0.25) is 0 Å². The Balaban J connectivity index is 2.03. The highest BCUT2D eigenvalue weighted by atomic mass is 15.2. The zero-order chi connectivity index (χ0) is 12.4. The second-order valence-electron chi connectivity index (χ2n) is 4.93. The normalized spacial score (nSPS) is 23.2. The summed E-state index contributed by atoms with van der Waals surface area (Å²) in [5.74, 6) is 0. The Morgan fingerprint density at radius 1 is 1.33 bits per heavy atom. The summed E-state index contributed by atoms with van der Waals surface area (Å²) >= 11 is 0. The lowest BCUT2D eigenvalue weighted by Crippen LogP contribution is -2.36. The lowest BCUT2D eigenvalue weighted by molar-refractivity contribution is 0.224. The molecule has 2 heterocycles. The van der Waals surface area contributed by atoms with Crippen LogP contribution in [0.15, 0.2) is 48.2 Å². The molecule has 1 aromatic carbocycles. The Kier molecular flexibility index (Phi) is 3.20. The van der Waals surface area contributed by atoms with E-state index < -0.39 is 0 Å². The molecule has 0 radical (unpaired) electrons. The zero-order valence-corrected chi connectivity index (χ0v) is 10.9. The van der Waals surface area contributed by atoms with E-state index >= 15 is 0 Å². The second kappa shape index (κ2) is 4.99. The molecule has 3 rings (SSSR count). The molecule has 94 valence electrons. The predicted molar refractivity (Wildman–Crippen MR) is 75.4 cm³/mol. The first-order chi connectivity index (χ1) is 8.90. The SMILES string of the molecule is CCN1CCc2ccccc2C1C1=CCNC=C1. The standard InChI is InChI=1S/C16H20N2/c1-2-18-12-9-13-5-3-4-6-15(13)16(18)14-7-10-17-11-8-14/h3-8,10,16-17H,2,9,11-12H2,1H3. The molecular formula is C16H20N2. The van der Waals surface area contributed by atoms with Crippen LogP contribution in [0.1, 0.15) is 24.1 Å². The minimum Gasteiger partial charge on any atom is -0.387 e. The van der Waals surface area contributed by atoms with Gasteiger partial charge in [-0.15, -0.1) is 0 Å². The number of nitrogens with one attached hydrogen (secondary N) is 1. The fraction of sp³-hybridized carbons (Fsp3) is 0.375. The van der Waals surface area contributed by atoms with E-state index in [0.717, 1.165) is 19.6 Å². The monoisotopic (exact) mass is 240 g/mol. The van der Waals surface area contributed by atoms with E-state index in [1.54, 1.807) is 0 Å². The topological polar surface area (TPSA) is 15.3 Å². The molecule has 0 fully saturated rings. The Bertz CT molecular complexity index is 488. The van der Waals surface area contributed by atoms with Gasteiger partial charge in [-0.05, 0) is 41.9 Å². The lowest BCUT2D eigenvalue weighted by Gasteiger charge is -2.38. The van der Waals surface area contributed by atoms with Gasteiger partial charge in [0.05, 0.1) is 6.04 Å². The maximum absolute atomic E-state index is 3.24. The molecule has 0 amide bonds. The first-order valence-corrected chi connectivity index (χ1v) is 6.82. The fourth-order valence-electron chi connectivity index (χ4n) is 3.02. The maximum Gasteiger partial charge on any atom is 0.0602 e. The van der Waals surface area contributed by atoms with Crippen LogP contribution in [0.4, 0.5) is 0 Å². The minimum atomic E-state index is 0.443. The largest absolute Gasteiger partial charge is 0.387 e. The van der Waals surface area contributed by atoms with Crippen LogP contribution in [-0.2, 0) is 6.42 Å². The number of nitrogens with zero attached hydrogens (tertiary/aromatic N) is 1. The van der Waals surface area contributed by atoms with Gasteiger partial charge >= 0.3 is 0 Å². The molecule has 0 saturated carbocycles. The molecule has 2 aliphatic rings. The summed E-state index contributed by atoms with van der Waals surface area (Å²) in [7, 11) is 0. The van der Waals surface area contributed by atoms with Crippen LogP contribution in [0.25, 0.3) is 0 Å². The van der Waals surface area contributed by atoms with Gasteiger partial charge in [0.2, 0.25) is 0 Å². The molecule has 1 unspecified atom stereocenters. The quantitative estimate of drug-likeness (QED) is 0.855. The van der Waals surface area contributed by atoms with E-state index in [4.69, 9.17) is 0 Å². The number of hydrogen-bond donors (Lipinski definition) is 1. The van der Waals surface area contributed by atoms with Crippen LogP contribution in [-0.4, -0.2) is 24.5 Å². The minimum absolute atomic E-state index is 0.443. The Hall–Kier alpha value is -1.54. The number of benzene rings is 1. The van der Waals surface area contributed by atoms with Crippen LogP contribution < -0.4 is 5.32 Å². The van der Waals surface area contributed by atoms with Gasteiger partial charge in [-0.1, -0.05) is 37.3 Å². The highest BCUT2D eigenvalue weighted by molar-refractivity contribution is 5.42. The first kappa shape index (κ1) is 11.5. The Morgan fingerprint density at radius 2 is 2.22 bits per heavy atom. The lowest BCUT2D eigenvalue weighted by atomic mass is 9.87. The van der Waals surface area contributed by atoms with Crippen LogP contribution in [0.5, 0.6) is 0 Å². The summed E-state index contributed by atoms with van der Waals surface area (Å²) in [6, 6.07) is 9.33. The summed E-state index contributed by atoms with van der Waals surface area (Å²) < 4.78 is 0. The van der Waals surface area contributed by atoms with E-state index in [9.17, 15) is 0 Å². The Morgan fingerprint density at radius 3 is 3.00 bits per heavy atom. The van der Waals surface area contributed by atoms with Gasteiger partial charge in [-0.3, -0.25) is 4.90 Å². The van der Waals surface area contributed by atoms with Crippen molar-refractivity contribution in [2.24, 2.45) is 0 Å². The molecule has 2 heteroatoms. The molecule has 18 heavy (non-hydrogen) atoms. The molecule has 1 atom stereocenters. The third kappa shape index (κ3) is 1.97. The molecule has 0 aliphatic carbocycles. The van der Waals surface area contributed by atoms with Crippen molar-refractivity contribution < 1.29 is 0 Å². The molecule has 0 spiro atoms. The Labute approximate surface area is 109 Å². The van der Waals surface area contributed by atoms with Crippen molar-refractivity contribution in [3.05, 3.63) is 59.3 Å². The fourth-order valence-corrected chi connectivity index (χ4v) is 3.02. The smallest absolute Gasteiger partial charge is 0.0602 e. The zero-order valence-electron chi connectivity index (χ0n) is 10.9. The summed E-state index contributed by atoms with van der Waals surface area (Å²) in [5, 5.41) is 3.24. The molecule has 1 N–H and O–H groups in total. The van der Waals surface area contributed by atoms with Gasteiger partial charge < -0.3 is 5.32 Å². The number of rotatable bonds is 2. The summed E-state index contributed by atoms with van der Waals surface area (Å²) in [5.41, 5.74) is 4.44. The highest BCUT2D eigenvalue weighted by Crippen LogP contribution is 2.35. The highest BCUT2D eigenvalue weighted by Gasteiger charge is 2.28. The maximum atomic E-state index is 3.24. The third-order valence-corrected chi connectivity index (χ3v) is 3.95. The van der Waals surface area contributed by atoms with Crippen molar-refractivity contribution in [1.29, 1.82) is 0 Å². The molecule has 0 saturated heterocycles. The van der Waals surface area contributed by atoms with Crippen LogP contribution in [0.3, 0.4) is 0 Å². The van der Waals surface area contributed by atoms with Gasteiger partial charge in [0.15, 0.2) is 0 Å². The average Bonchev–Trinajstić information content (AvgIpc) is 2.47. The number of likely N-dealkylation sites (N-methyl/N-ethyl adjacent to an activating group) is 1. The van der Waals surface area contributed by atoms with Crippen molar-refractivity contribution in [2.75, 3.05) is 19.6 Å². The van der Waals surface area contributed by atoms with Gasteiger partial charge in [0, 0.05) is 13.1 Å².